The molecule has 1 rings (SSSR count). The van der Waals surface area contributed by atoms with Gasteiger partial charge in [0.1, 0.15) is 0 Å². The second kappa shape index (κ2) is 6.11. The van der Waals surface area contributed by atoms with Crippen molar-refractivity contribution in [1.29, 1.82) is 0 Å². The topological polar surface area (TPSA) is 34.1 Å². The average molecular weight is 214 g/mol. The van der Waals surface area contributed by atoms with Crippen LogP contribution < -0.4 is 5.32 Å². The Labute approximate surface area is 89.5 Å². The molecule has 0 fully saturated rings. The zero-order chi connectivity index (χ0) is 10.4. The molecule has 2 atom stereocenters. The minimum atomic E-state index is 0.303. The third kappa shape index (κ3) is 3.74. The summed E-state index contributed by atoms with van der Waals surface area (Å²) >= 11 is 1.63. The highest BCUT2D eigenvalue weighted by molar-refractivity contribution is 7.07. The van der Waals surface area contributed by atoms with Crippen LogP contribution in [0.1, 0.15) is 32.5 Å². The van der Waals surface area contributed by atoms with Gasteiger partial charge in [-0.2, -0.15) is 0 Å². The Bertz CT molecular complexity index is 238. The first-order valence-electron chi connectivity index (χ1n) is 4.96. The van der Waals surface area contributed by atoms with Gasteiger partial charge in [-0.15, -0.1) is 11.3 Å². The lowest BCUT2D eigenvalue weighted by atomic mass is 10.2. The van der Waals surface area contributed by atoms with Gasteiger partial charge in [-0.1, -0.05) is 0 Å². The highest BCUT2D eigenvalue weighted by Gasteiger charge is 2.10. The first-order valence-corrected chi connectivity index (χ1v) is 5.90. The number of aromatic nitrogens is 1. The number of nitrogens with one attached hydrogen (secondary N) is 1. The minimum Gasteiger partial charge on any atom is -0.380 e. The lowest BCUT2D eigenvalue weighted by molar-refractivity contribution is 0.124. The molecule has 0 radical (unpaired) electrons. The van der Waals surface area contributed by atoms with Gasteiger partial charge < -0.3 is 10.1 Å². The van der Waals surface area contributed by atoms with Crippen LogP contribution in [0.5, 0.6) is 0 Å². The van der Waals surface area contributed by atoms with Crippen LogP contribution >= 0.6 is 11.3 Å². The lowest BCUT2D eigenvalue weighted by Gasteiger charge is -2.18. The fraction of sp³-hybridized carbons (Fsp3) is 0.700. The molecule has 1 aromatic rings. The molecule has 0 saturated heterocycles. The van der Waals surface area contributed by atoms with E-state index in [0.717, 1.165) is 18.9 Å². The van der Waals surface area contributed by atoms with E-state index in [4.69, 9.17) is 4.74 Å². The molecule has 1 N–H and O–H groups in total. The molecule has 80 valence electrons. The van der Waals surface area contributed by atoms with Crippen LogP contribution in [0.3, 0.4) is 0 Å². The Kier molecular flexibility index (Phi) is 5.07. The quantitative estimate of drug-likeness (QED) is 0.788. The fourth-order valence-corrected chi connectivity index (χ4v) is 1.94. The summed E-state index contributed by atoms with van der Waals surface area (Å²) in [6, 6.07) is 0.670. The van der Waals surface area contributed by atoms with E-state index in [0.29, 0.717) is 12.1 Å². The second-order valence-corrected chi connectivity index (χ2v) is 4.08. The van der Waals surface area contributed by atoms with Crippen molar-refractivity contribution in [1.82, 2.24) is 10.3 Å². The number of hydrogen-bond acceptors (Lipinski definition) is 4. The predicted octanol–water partition coefficient (Wildman–Crippen LogP) is 2.22. The van der Waals surface area contributed by atoms with Crippen LogP contribution in [0.25, 0.3) is 0 Å². The summed E-state index contributed by atoms with van der Waals surface area (Å²) < 4.78 is 5.33. The molecule has 1 aromatic heterocycles. The maximum Gasteiger partial charge on any atom is 0.0795 e. The summed E-state index contributed by atoms with van der Waals surface area (Å²) in [6.07, 6.45) is 0. The van der Waals surface area contributed by atoms with Gasteiger partial charge in [-0.05, 0) is 20.8 Å². The largest absolute Gasteiger partial charge is 0.380 e. The summed E-state index contributed by atoms with van der Waals surface area (Å²) in [5, 5.41) is 5.51. The molecule has 0 bridgehead atoms. The molecular formula is C10H18N2OS. The van der Waals surface area contributed by atoms with Gasteiger partial charge in [0.25, 0.3) is 0 Å². The van der Waals surface area contributed by atoms with Gasteiger partial charge in [-0.25, -0.2) is 4.98 Å². The van der Waals surface area contributed by atoms with Crippen LogP contribution in [0.4, 0.5) is 0 Å². The smallest absolute Gasteiger partial charge is 0.0795 e. The number of rotatable bonds is 6. The third-order valence-electron chi connectivity index (χ3n) is 2.00. The molecular weight excluding hydrogens is 196 g/mol. The van der Waals surface area contributed by atoms with E-state index in [1.165, 1.54) is 0 Å². The highest BCUT2D eigenvalue weighted by atomic mass is 32.1. The summed E-state index contributed by atoms with van der Waals surface area (Å²) in [4.78, 5) is 4.26. The second-order valence-electron chi connectivity index (χ2n) is 3.36. The monoisotopic (exact) mass is 214 g/mol. The van der Waals surface area contributed by atoms with Crippen molar-refractivity contribution in [2.24, 2.45) is 0 Å². The van der Waals surface area contributed by atoms with Crippen molar-refractivity contribution < 1.29 is 4.74 Å². The number of hydrogen-bond donors (Lipinski definition) is 1. The normalized spacial score (nSPS) is 15.4. The van der Waals surface area contributed by atoms with Crippen LogP contribution in [0.15, 0.2) is 10.9 Å². The van der Waals surface area contributed by atoms with Crippen molar-refractivity contribution in [3.63, 3.8) is 0 Å². The zero-order valence-electron chi connectivity index (χ0n) is 8.99. The fourth-order valence-electron chi connectivity index (χ4n) is 1.29. The van der Waals surface area contributed by atoms with Gasteiger partial charge in [0, 0.05) is 24.1 Å². The van der Waals surface area contributed by atoms with Gasteiger partial charge in [0.15, 0.2) is 0 Å². The summed E-state index contributed by atoms with van der Waals surface area (Å²) in [5.74, 6) is 0. The molecule has 4 heteroatoms. The maximum atomic E-state index is 5.33. The molecule has 0 aromatic carbocycles. The first kappa shape index (κ1) is 11.6. The van der Waals surface area contributed by atoms with Crippen LogP contribution in [-0.2, 0) is 4.74 Å². The standard InChI is InChI=1S/C10H18N2OS/c1-4-13-5-8(2)12-9(3)10-6-14-7-11-10/h6-9,12H,4-5H2,1-3H3. The SMILES string of the molecule is CCOCC(C)NC(C)c1cscn1. The Morgan fingerprint density at radius 2 is 2.36 bits per heavy atom. The van der Waals surface area contributed by atoms with Crippen molar-refractivity contribution in [2.75, 3.05) is 13.2 Å². The number of thiazole rings is 1. The van der Waals surface area contributed by atoms with Crippen molar-refractivity contribution in [2.45, 2.75) is 32.9 Å². The molecule has 0 aliphatic carbocycles. The summed E-state index contributed by atoms with van der Waals surface area (Å²) in [5.41, 5.74) is 2.97. The van der Waals surface area contributed by atoms with Crippen LogP contribution in [0.2, 0.25) is 0 Å². The molecule has 1 heterocycles. The highest BCUT2D eigenvalue weighted by Crippen LogP contribution is 2.12. The lowest BCUT2D eigenvalue weighted by Crippen LogP contribution is -2.32. The van der Waals surface area contributed by atoms with E-state index in [1.807, 2.05) is 12.4 Å². The van der Waals surface area contributed by atoms with E-state index < -0.39 is 0 Å². The molecule has 3 nitrogen and oxygen atoms in total. The Morgan fingerprint density at radius 3 is 2.93 bits per heavy atom. The van der Waals surface area contributed by atoms with Crippen LogP contribution in [-0.4, -0.2) is 24.2 Å². The molecule has 0 spiro atoms. The van der Waals surface area contributed by atoms with Gasteiger partial charge in [0.2, 0.25) is 0 Å². The first-order chi connectivity index (χ1) is 6.74. The molecule has 0 aliphatic rings. The van der Waals surface area contributed by atoms with Crippen molar-refractivity contribution in [3.05, 3.63) is 16.6 Å². The van der Waals surface area contributed by atoms with Gasteiger partial charge in [0.05, 0.1) is 17.8 Å². The molecule has 14 heavy (non-hydrogen) atoms. The molecule has 0 saturated carbocycles. The molecule has 0 amide bonds. The van der Waals surface area contributed by atoms with Gasteiger partial charge >= 0.3 is 0 Å². The zero-order valence-corrected chi connectivity index (χ0v) is 9.80. The number of ether oxygens (including phenoxy) is 1. The van der Waals surface area contributed by atoms with E-state index >= 15 is 0 Å². The predicted molar refractivity (Wildman–Crippen MR) is 59.6 cm³/mol. The summed E-state index contributed by atoms with van der Waals surface area (Å²) in [6.45, 7) is 7.79. The Balaban J connectivity index is 2.29. The van der Waals surface area contributed by atoms with E-state index in [-0.39, 0.29) is 0 Å². The van der Waals surface area contributed by atoms with Gasteiger partial charge in [-0.3, -0.25) is 0 Å². The van der Waals surface area contributed by atoms with Crippen molar-refractivity contribution in [3.8, 4) is 0 Å². The average Bonchev–Trinajstić information content (AvgIpc) is 2.67. The Hall–Kier alpha value is -0.450. The van der Waals surface area contributed by atoms with E-state index in [2.05, 4.69) is 29.5 Å². The summed E-state index contributed by atoms with van der Waals surface area (Å²) in [7, 11) is 0. The third-order valence-corrected chi connectivity index (χ3v) is 2.61. The van der Waals surface area contributed by atoms with E-state index in [9.17, 15) is 0 Å². The molecule has 2 unspecified atom stereocenters. The van der Waals surface area contributed by atoms with E-state index in [1.54, 1.807) is 11.3 Å². The maximum absolute atomic E-state index is 5.33. The minimum absolute atomic E-state index is 0.303. The molecule has 0 aliphatic heterocycles. The Morgan fingerprint density at radius 1 is 1.57 bits per heavy atom. The van der Waals surface area contributed by atoms with Crippen LogP contribution in [0, 0.1) is 0 Å². The number of nitrogens with zero attached hydrogens (tertiary/aromatic N) is 1. The van der Waals surface area contributed by atoms with Crippen molar-refractivity contribution >= 4 is 11.3 Å².